The topological polar surface area (TPSA) is 183 Å². The Bertz CT molecular complexity index is 986. The summed E-state index contributed by atoms with van der Waals surface area (Å²) in [4.78, 5) is 44.0. The molecule has 11 nitrogen and oxygen atoms in total. The van der Waals surface area contributed by atoms with Gasteiger partial charge >= 0.3 is 11.9 Å². The third-order valence-corrected chi connectivity index (χ3v) is 4.18. The van der Waals surface area contributed by atoms with E-state index >= 15 is 0 Å². The number of aliphatic carboxylic acids is 2. The Hall–Kier alpha value is -4.20. The Morgan fingerprint density at radius 1 is 1.27 bits per heavy atom. The predicted octanol–water partition coefficient (Wildman–Crippen LogP) is 0.615. The molecule has 0 bridgehead atoms. The summed E-state index contributed by atoms with van der Waals surface area (Å²) in [7, 11) is 1.78. The molecule has 1 aromatic carbocycles. The van der Waals surface area contributed by atoms with E-state index in [4.69, 9.17) is 21.2 Å². The first kappa shape index (κ1) is 22.1. The van der Waals surface area contributed by atoms with Crippen LogP contribution in [-0.4, -0.2) is 51.1 Å². The maximum Gasteiger partial charge on any atom is 0.326 e. The van der Waals surface area contributed by atoms with Crippen LogP contribution in [0.5, 0.6) is 0 Å². The average molecular weight is 412 g/mol. The summed E-state index contributed by atoms with van der Waals surface area (Å²) in [5.41, 5.74) is 7.11. The highest BCUT2D eigenvalue weighted by Crippen LogP contribution is 2.17. The summed E-state index contributed by atoms with van der Waals surface area (Å²) >= 11 is 0. The molecule has 2 aromatic rings. The molecule has 0 radical (unpaired) electrons. The van der Waals surface area contributed by atoms with Gasteiger partial charge in [0.25, 0.3) is 5.91 Å². The van der Waals surface area contributed by atoms with Crippen LogP contribution < -0.4 is 16.0 Å². The van der Waals surface area contributed by atoms with Gasteiger partial charge in [-0.3, -0.25) is 9.59 Å². The average Bonchev–Trinajstić information content (AvgIpc) is 2.71. The fourth-order valence-electron chi connectivity index (χ4n) is 2.56. The predicted molar refractivity (Wildman–Crippen MR) is 105 cm³/mol. The maximum atomic E-state index is 12.3. The minimum Gasteiger partial charge on any atom is -0.481 e. The summed E-state index contributed by atoms with van der Waals surface area (Å²) in [5, 5.41) is 29.1. The van der Waals surface area contributed by atoms with E-state index in [2.05, 4.69) is 15.3 Å². The van der Waals surface area contributed by atoms with Crippen molar-refractivity contribution in [3.63, 3.8) is 0 Å². The number of rotatable bonds is 9. The first-order valence-electron chi connectivity index (χ1n) is 8.79. The number of nitrogen functional groups attached to an aromatic ring is 1. The van der Waals surface area contributed by atoms with Crippen molar-refractivity contribution in [1.82, 2.24) is 15.3 Å². The third-order valence-electron chi connectivity index (χ3n) is 4.18. The Kier molecular flexibility index (Phi) is 7.24. The number of hydrogen-bond acceptors (Lipinski definition) is 8. The summed E-state index contributed by atoms with van der Waals surface area (Å²) in [6, 6.07) is 6.94. The smallest absolute Gasteiger partial charge is 0.326 e. The zero-order chi connectivity index (χ0) is 22.3. The van der Waals surface area contributed by atoms with E-state index in [-0.39, 0.29) is 29.9 Å². The Balaban J connectivity index is 2.04. The summed E-state index contributed by atoms with van der Waals surface area (Å²) in [6.45, 7) is 0.337. The molecule has 156 valence electrons. The van der Waals surface area contributed by atoms with E-state index in [1.54, 1.807) is 19.2 Å². The number of carbonyl (C=O) groups excluding carboxylic acids is 1. The standard InChI is InChI=1S/C19H20N6O5/c1-25(10-12-9-22-17(21)15(8-20)23-12)13-4-2-11(3-5-13)18(28)24-14(19(29)30)6-7-16(26)27/h2-5,9,14H,6-7,10H2,1H3,(H2,21,22)(H,24,28)(H,26,27)(H,29,30)/t14-/m1/s1. The molecule has 0 aliphatic rings. The molecular weight excluding hydrogens is 392 g/mol. The number of nitrogens with one attached hydrogen (secondary N) is 1. The molecular formula is C19H20N6O5. The van der Waals surface area contributed by atoms with Crippen LogP contribution in [0.2, 0.25) is 0 Å². The van der Waals surface area contributed by atoms with Crippen molar-refractivity contribution in [2.24, 2.45) is 0 Å². The van der Waals surface area contributed by atoms with Crippen molar-refractivity contribution in [1.29, 1.82) is 5.26 Å². The number of carbonyl (C=O) groups is 3. The molecule has 0 fully saturated rings. The Morgan fingerprint density at radius 3 is 2.50 bits per heavy atom. The van der Waals surface area contributed by atoms with Gasteiger partial charge in [-0.05, 0) is 30.7 Å². The van der Waals surface area contributed by atoms with Gasteiger partial charge < -0.3 is 26.2 Å². The van der Waals surface area contributed by atoms with Crippen LogP contribution >= 0.6 is 0 Å². The Labute approximate surface area is 171 Å². The van der Waals surface area contributed by atoms with Gasteiger partial charge in [0.1, 0.15) is 12.1 Å². The minimum atomic E-state index is -1.30. The minimum absolute atomic E-state index is 0.0452. The van der Waals surface area contributed by atoms with Crippen LogP contribution in [0, 0.1) is 11.3 Å². The molecule has 11 heteroatoms. The first-order valence-corrected chi connectivity index (χ1v) is 8.79. The van der Waals surface area contributed by atoms with Crippen LogP contribution in [0.25, 0.3) is 0 Å². The first-order chi connectivity index (χ1) is 14.2. The quantitative estimate of drug-likeness (QED) is 0.455. The number of hydrogen-bond donors (Lipinski definition) is 4. The van der Waals surface area contributed by atoms with E-state index in [1.807, 2.05) is 11.0 Å². The molecule has 0 saturated carbocycles. The summed E-state index contributed by atoms with van der Waals surface area (Å²) < 4.78 is 0. The van der Waals surface area contributed by atoms with Crippen molar-refractivity contribution in [2.75, 3.05) is 17.7 Å². The van der Waals surface area contributed by atoms with Crippen molar-refractivity contribution in [3.05, 3.63) is 47.4 Å². The van der Waals surface area contributed by atoms with Gasteiger partial charge in [-0.25, -0.2) is 14.8 Å². The molecule has 1 amide bonds. The second-order valence-corrected chi connectivity index (χ2v) is 6.41. The van der Waals surface area contributed by atoms with Gasteiger partial charge in [-0.15, -0.1) is 0 Å². The lowest BCUT2D eigenvalue weighted by Crippen LogP contribution is -2.41. The fourth-order valence-corrected chi connectivity index (χ4v) is 2.56. The molecule has 0 spiro atoms. The van der Waals surface area contributed by atoms with E-state index in [0.29, 0.717) is 12.2 Å². The lowest BCUT2D eigenvalue weighted by atomic mass is 10.1. The monoisotopic (exact) mass is 412 g/mol. The zero-order valence-corrected chi connectivity index (χ0v) is 16.1. The number of nitrogens with zero attached hydrogens (tertiary/aromatic N) is 4. The number of nitriles is 1. The number of carboxylic acids is 2. The van der Waals surface area contributed by atoms with Gasteiger partial charge in [0, 0.05) is 24.7 Å². The molecule has 0 saturated heterocycles. The number of carboxylic acid groups (broad SMARTS) is 2. The fraction of sp³-hybridized carbons (Fsp3) is 0.263. The van der Waals surface area contributed by atoms with Crippen molar-refractivity contribution >= 4 is 29.4 Å². The highest BCUT2D eigenvalue weighted by molar-refractivity contribution is 5.96. The van der Waals surface area contributed by atoms with E-state index in [1.165, 1.54) is 18.3 Å². The Morgan fingerprint density at radius 2 is 1.93 bits per heavy atom. The largest absolute Gasteiger partial charge is 0.481 e. The van der Waals surface area contributed by atoms with Crippen molar-refractivity contribution in [2.45, 2.75) is 25.4 Å². The van der Waals surface area contributed by atoms with Crippen molar-refractivity contribution in [3.8, 4) is 6.07 Å². The van der Waals surface area contributed by atoms with Crippen LogP contribution in [0.1, 0.15) is 34.6 Å². The number of nitrogens with two attached hydrogens (primary N) is 1. The van der Waals surface area contributed by atoms with Gasteiger partial charge in [0.05, 0.1) is 18.4 Å². The molecule has 1 heterocycles. The van der Waals surface area contributed by atoms with Crippen molar-refractivity contribution < 1.29 is 24.6 Å². The molecule has 2 rings (SSSR count). The van der Waals surface area contributed by atoms with Crippen LogP contribution in [0.3, 0.4) is 0 Å². The van der Waals surface area contributed by atoms with E-state index in [0.717, 1.165) is 5.69 Å². The number of aromatic nitrogens is 2. The summed E-state index contributed by atoms with van der Waals surface area (Å²) in [6.07, 6.45) is 0.880. The molecule has 5 N–H and O–H groups in total. The molecule has 0 aliphatic heterocycles. The number of amides is 1. The SMILES string of the molecule is CN(Cc1cnc(N)c(C#N)n1)c1ccc(C(=O)N[C@H](CCC(=O)O)C(=O)O)cc1. The lowest BCUT2D eigenvalue weighted by Gasteiger charge is -2.19. The molecule has 1 atom stereocenters. The van der Waals surface area contributed by atoms with Crippen LogP contribution in [0.4, 0.5) is 11.5 Å². The van der Waals surface area contributed by atoms with Gasteiger partial charge in [-0.2, -0.15) is 5.26 Å². The third kappa shape index (κ3) is 5.90. The molecule has 30 heavy (non-hydrogen) atoms. The number of benzene rings is 1. The second-order valence-electron chi connectivity index (χ2n) is 6.41. The maximum absolute atomic E-state index is 12.3. The number of anilines is 2. The molecule has 0 unspecified atom stereocenters. The van der Waals surface area contributed by atoms with Gasteiger partial charge in [0.15, 0.2) is 11.5 Å². The highest BCUT2D eigenvalue weighted by atomic mass is 16.4. The second kappa shape index (κ2) is 9.83. The van der Waals surface area contributed by atoms with Crippen LogP contribution in [-0.2, 0) is 16.1 Å². The van der Waals surface area contributed by atoms with Gasteiger partial charge in [0.2, 0.25) is 0 Å². The molecule has 0 aliphatic carbocycles. The lowest BCUT2D eigenvalue weighted by molar-refractivity contribution is -0.140. The summed E-state index contributed by atoms with van der Waals surface area (Å²) in [5.74, 6) is -3.01. The molecule has 1 aromatic heterocycles. The zero-order valence-electron chi connectivity index (χ0n) is 16.1. The van der Waals surface area contributed by atoms with Crippen LogP contribution in [0.15, 0.2) is 30.5 Å². The highest BCUT2D eigenvalue weighted by Gasteiger charge is 2.21. The van der Waals surface area contributed by atoms with E-state index in [9.17, 15) is 14.4 Å². The van der Waals surface area contributed by atoms with E-state index < -0.39 is 23.9 Å². The normalized spacial score (nSPS) is 11.2. The van der Waals surface area contributed by atoms with Gasteiger partial charge in [-0.1, -0.05) is 0 Å².